The first kappa shape index (κ1) is 14.9. The van der Waals surface area contributed by atoms with Crippen LogP contribution in [0.2, 0.25) is 0 Å². The summed E-state index contributed by atoms with van der Waals surface area (Å²) in [7, 11) is 0. The maximum atomic E-state index is 3.57. The van der Waals surface area contributed by atoms with E-state index < -0.39 is 0 Å². The fourth-order valence-corrected chi connectivity index (χ4v) is 2.61. The maximum absolute atomic E-state index is 3.57. The summed E-state index contributed by atoms with van der Waals surface area (Å²) < 4.78 is 0. The van der Waals surface area contributed by atoms with Gasteiger partial charge in [-0.3, -0.25) is 4.90 Å². The Hall–Kier alpha value is -0.120. The van der Waals surface area contributed by atoms with Gasteiger partial charge in [0.2, 0.25) is 0 Å². The molecule has 0 aromatic heterocycles. The second-order valence-corrected chi connectivity index (χ2v) is 5.16. The average molecular weight is 241 g/mol. The van der Waals surface area contributed by atoms with Crippen molar-refractivity contribution in [3.8, 4) is 0 Å². The van der Waals surface area contributed by atoms with Crippen molar-refractivity contribution in [1.29, 1.82) is 0 Å². The quantitative estimate of drug-likeness (QED) is 0.654. The van der Waals surface area contributed by atoms with E-state index in [0.717, 1.165) is 19.1 Å². The zero-order valence-corrected chi connectivity index (χ0v) is 12.0. The van der Waals surface area contributed by atoms with Gasteiger partial charge in [-0.25, -0.2) is 0 Å². The number of hydrogen-bond donors (Lipinski definition) is 1. The van der Waals surface area contributed by atoms with Crippen LogP contribution in [0, 0.1) is 0 Å². The van der Waals surface area contributed by atoms with E-state index in [0.29, 0.717) is 0 Å². The minimum atomic E-state index is 0.799. The Morgan fingerprint density at radius 2 is 1.94 bits per heavy atom. The maximum Gasteiger partial charge on any atom is 0.0110 e. The molecular formula is C14H31N3. The highest BCUT2D eigenvalue weighted by Gasteiger charge is 2.16. The minimum Gasteiger partial charge on any atom is -0.314 e. The summed E-state index contributed by atoms with van der Waals surface area (Å²) in [6, 6.07) is 0.799. The molecule has 1 saturated heterocycles. The Morgan fingerprint density at radius 3 is 2.59 bits per heavy atom. The SMILES string of the molecule is CCN(CC)CCNCCN1CCCCC1C. The molecule has 0 aromatic carbocycles. The Bertz CT molecular complexity index is 180. The van der Waals surface area contributed by atoms with Crippen molar-refractivity contribution in [3.05, 3.63) is 0 Å². The second-order valence-electron chi connectivity index (χ2n) is 5.16. The first-order valence-electron chi connectivity index (χ1n) is 7.45. The number of likely N-dealkylation sites (tertiary alicyclic amines) is 1. The van der Waals surface area contributed by atoms with E-state index in [1.165, 1.54) is 52.0 Å². The molecule has 1 atom stereocenters. The van der Waals surface area contributed by atoms with Crippen LogP contribution in [-0.2, 0) is 0 Å². The van der Waals surface area contributed by atoms with Crippen LogP contribution in [0.15, 0.2) is 0 Å². The highest BCUT2D eigenvalue weighted by atomic mass is 15.2. The number of piperidine rings is 1. The van der Waals surface area contributed by atoms with Crippen molar-refractivity contribution in [2.45, 2.75) is 46.1 Å². The molecule has 0 aliphatic carbocycles. The minimum absolute atomic E-state index is 0.799. The van der Waals surface area contributed by atoms with E-state index in [-0.39, 0.29) is 0 Å². The number of nitrogens with one attached hydrogen (secondary N) is 1. The summed E-state index contributed by atoms with van der Waals surface area (Å²) in [5.74, 6) is 0. The van der Waals surface area contributed by atoms with Crippen LogP contribution >= 0.6 is 0 Å². The van der Waals surface area contributed by atoms with Gasteiger partial charge in [0.05, 0.1) is 0 Å². The van der Waals surface area contributed by atoms with Gasteiger partial charge in [-0.1, -0.05) is 20.3 Å². The molecule has 0 bridgehead atoms. The van der Waals surface area contributed by atoms with Crippen LogP contribution in [-0.4, -0.2) is 61.7 Å². The third-order valence-electron chi connectivity index (χ3n) is 4.02. The third-order valence-corrected chi connectivity index (χ3v) is 4.02. The third kappa shape index (κ3) is 5.84. The number of rotatable bonds is 8. The van der Waals surface area contributed by atoms with Crippen molar-refractivity contribution in [2.75, 3.05) is 45.8 Å². The summed E-state index contributed by atoms with van der Waals surface area (Å²) in [4.78, 5) is 5.10. The highest BCUT2D eigenvalue weighted by molar-refractivity contribution is 4.73. The number of hydrogen-bond acceptors (Lipinski definition) is 3. The lowest BCUT2D eigenvalue weighted by Crippen LogP contribution is -2.42. The van der Waals surface area contributed by atoms with Gasteiger partial charge in [0, 0.05) is 32.2 Å². The molecule has 1 rings (SSSR count). The Morgan fingerprint density at radius 1 is 1.18 bits per heavy atom. The average Bonchev–Trinajstić information content (AvgIpc) is 2.36. The van der Waals surface area contributed by atoms with E-state index in [4.69, 9.17) is 0 Å². The molecule has 3 heteroatoms. The Labute approximate surface area is 108 Å². The lowest BCUT2D eigenvalue weighted by atomic mass is 10.0. The van der Waals surface area contributed by atoms with Crippen molar-refractivity contribution in [3.63, 3.8) is 0 Å². The normalized spacial score (nSPS) is 22.2. The zero-order chi connectivity index (χ0) is 12.5. The Kier molecular flexibility index (Phi) is 7.82. The van der Waals surface area contributed by atoms with Crippen LogP contribution in [0.3, 0.4) is 0 Å². The second kappa shape index (κ2) is 8.90. The summed E-state index contributed by atoms with van der Waals surface area (Å²) in [6.07, 6.45) is 4.20. The molecular weight excluding hydrogens is 210 g/mol. The topological polar surface area (TPSA) is 18.5 Å². The van der Waals surface area contributed by atoms with Gasteiger partial charge < -0.3 is 10.2 Å². The molecule has 0 saturated carbocycles. The van der Waals surface area contributed by atoms with E-state index >= 15 is 0 Å². The molecule has 102 valence electrons. The van der Waals surface area contributed by atoms with Gasteiger partial charge in [-0.2, -0.15) is 0 Å². The fraction of sp³-hybridized carbons (Fsp3) is 1.00. The number of nitrogens with zero attached hydrogens (tertiary/aromatic N) is 2. The van der Waals surface area contributed by atoms with Crippen LogP contribution in [0.25, 0.3) is 0 Å². The van der Waals surface area contributed by atoms with Crippen LogP contribution in [0.5, 0.6) is 0 Å². The molecule has 3 nitrogen and oxygen atoms in total. The number of likely N-dealkylation sites (N-methyl/N-ethyl adjacent to an activating group) is 1. The predicted octanol–water partition coefficient (Wildman–Crippen LogP) is 1.79. The molecule has 1 N–H and O–H groups in total. The first-order valence-corrected chi connectivity index (χ1v) is 7.45. The monoisotopic (exact) mass is 241 g/mol. The molecule has 0 aromatic rings. The molecule has 1 unspecified atom stereocenters. The first-order chi connectivity index (χ1) is 8.27. The van der Waals surface area contributed by atoms with Crippen molar-refractivity contribution in [1.82, 2.24) is 15.1 Å². The van der Waals surface area contributed by atoms with Gasteiger partial charge in [0.15, 0.2) is 0 Å². The molecule has 1 fully saturated rings. The van der Waals surface area contributed by atoms with Crippen LogP contribution in [0.4, 0.5) is 0 Å². The lowest BCUT2D eigenvalue weighted by molar-refractivity contribution is 0.161. The molecule has 0 amide bonds. The summed E-state index contributed by atoms with van der Waals surface area (Å²) in [6.45, 7) is 15.2. The molecule has 1 aliphatic heterocycles. The Balaban J connectivity index is 1.99. The summed E-state index contributed by atoms with van der Waals surface area (Å²) >= 11 is 0. The largest absolute Gasteiger partial charge is 0.314 e. The lowest BCUT2D eigenvalue weighted by Gasteiger charge is -2.33. The van der Waals surface area contributed by atoms with E-state index in [9.17, 15) is 0 Å². The van der Waals surface area contributed by atoms with Gasteiger partial charge in [-0.15, -0.1) is 0 Å². The summed E-state index contributed by atoms with van der Waals surface area (Å²) in [5, 5.41) is 3.57. The van der Waals surface area contributed by atoms with Gasteiger partial charge in [0.1, 0.15) is 0 Å². The van der Waals surface area contributed by atoms with Crippen molar-refractivity contribution >= 4 is 0 Å². The van der Waals surface area contributed by atoms with Crippen molar-refractivity contribution < 1.29 is 0 Å². The zero-order valence-electron chi connectivity index (χ0n) is 12.0. The fourth-order valence-electron chi connectivity index (χ4n) is 2.61. The van der Waals surface area contributed by atoms with E-state index in [1.807, 2.05) is 0 Å². The molecule has 1 aliphatic rings. The highest BCUT2D eigenvalue weighted by Crippen LogP contribution is 2.15. The predicted molar refractivity (Wildman–Crippen MR) is 75.5 cm³/mol. The standard InChI is InChI=1S/C14H31N3/c1-4-16(5-2)12-9-15-10-13-17-11-7-6-8-14(17)3/h14-15H,4-13H2,1-3H3. The van der Waals surface area contributed by atoms with Gasteiger partial charge >= 0.3 is 0 Å². The molecule has 17 heavy (non-hydrogen) atoms. The molecule has 1 heterocycles. The van der Waals surface area contributed by atoms with Gasteiger partial charge in [0.25, 0.3) is 0 Å². The smallest absolute Gasteiger partial charge is 0.0110 e. The van der Waals surface area contributed by atoms with E-state index in [2.05, 4.69) is 35.9 Å². The van der Waals surface area contributed by atoms with Crippen molar-refractivity contribution in [2.24, 2.45) is 0 Å². The van der Waals surface area contributed by atoms with Crippen LogP contribution in [0.1, 0.15) is 40.0 Å². The van der Waals surface area contributed by atoms with Gasteiger partial charge in [-0.05, 0) is 39.4 Å². The van der Waals surface area contributed by atoms with E-state index in [1.54, 1.807) is 0 Å². The molecule has 0 radical (unpaired) electrons. The molecule has 0 spiro atoms. The summed E-state index contributed by atoms with van der Waals surface area (Å²) in [5.41, 5.74) is 0. The van der Waals surface area contributed by atoms with Crippen LogP contribution < -0.4 is 5.32 Å².